The van der Waals surface area contributed by atoms with Crippen LogP contribution in [0.4, 0.5) is 19.0 Å². The van der Waals surface area contributed by atoms with Crippen molar-refractivity contribution in [1.29, 1.82) is 0 Å². The lowest BCUT2D eigenvalue weighted by atomic mass is 10.1. The Labute approximate surface area is 220 Å². The van der Waals surface area contributed by atoms with E-state index in [1.807, 2.05) is 0 Å². The maximum atomic E-state index is 13.2. The molecule has 38 heavy (non-hydrogen) atoms. The van der Waals surface area contributed by atoms with Crippen molar-refractivity contribution in [3.63, 3.8) is 0 Å². The second-order valence-corrected chi connectivity index (χ2v) is 10.3. The first kappa shape index (κ1) is 27.8. The van der Waals surface area contributed by atoms with Gasteiger partial charge in [0.25, 0.3) is 0 Å². The van der Waals surface area contributed by atoms with Gasteiger partial charge in [0.2, 0.25) is 5.78 Å². The number of rotatable bonds is 10. The normalized spacial score (nSPS) is 17.9. The Balaban J connectivity index is 1.43. The van der Waals surface area contributed by atoms with Gasteiger partial charge in [0.1, 0.15) is 23.6 Å². The molecule has 16 heteroatoms. The number of benzene rings is 1. The van der Waals surface area contributed by atoms with Crippen LogP contribution in [0.2, 0.25) is 5.02 Å². The molecule has 3 aromatic rings. The summed E-state index contributed by atoms with van der Waals surface area (Å²) in [5, 5.41) is 12.1. The Hall–Kier alpha value is -3.27. The first-order chi connectivity index (χ1) is 17.9. The molecule has 0 amide bonds. The number of ketones is 1. The van der Waals surface area contributed by atoms with Crippen LogP contribution in [-0.4, -0.2) is 53.0 Å². The van der Waals surface area contributed by atoms with E-state index in [9.17, 15) is 26.4 Å². The fraction of sp³-hybridized carbons (Fsp3) is 0.364. The van der Waals surface area contributed by atoms with Crippen LogP contribution >= 0.6 is 11.6 Å². The lowest BCUT2D eigenvalue weighted by molar-refractivity contribution is -0.274. The largest absolute Gasteiger partial charge is 0.573 e. The van der Waals surface area contributed by atoms with E-state index in [-0.39, 0.29) is 41.4 Å². The number of anilines is 1. The van der Waals surface area contributed by atoms with Crippen LogP contribution in [0.1, 0.15) is 40.9 Å². The zero-order valence-corrected chi connectivity index (χ0v) is 21.1. The van der Waals surface area contributed by atoms with Crippen LogP contribution in [0.5, 0.6) is 5.75 Å². The first-order valence-corrected chi connectivity index (χ1v) is 13.1. The minimum atomic E-state index is -4.89. The third-order valence-corrected chi connectivity index (χ3v) is 6.52. The van der Waals surface area contributed by atoms with E-state index in [0.717, 1.165) is 6.07 Å². The highest BCUT2D eigenvalue weighted by Crippen LogP contribution is 2.31. The smallest absolute Gasteiger partial charge is 0.404 e. The topological polar surface area (TPSA) is 151 Å². The summed E-state index contributed by atoms with van der Waals surface area (Å²) in [6, 6.07) is 5.33. The fourth-order valence-corrected chi connectivity index (χ4v) is 4.64. The molecule has 204 valence electrons. The van der Waals surface area contributed by atoms with E-state index in [0.29, 0.717) is 30.6 Å². The van der Waals surface area contributed by atoms with Crippen molar-refractivity contribution in [2.24, 2.45) is 11.1 Å². The maximum absolute atomic E-state index is 13.2. The molecule has 0 aliphatic heterocycles. The summed E-state index contributed by atoms with van der Waals surface area (Å²) in [4.78, 5) is 21.3. The zero-order chi connectivity index (χ0) is 27.5. The molecule has 2 atom stereocenters. The molecule has 0 radical (unpaired) electrons. The van der Waals surface area contributed by atoms with Crippen LogP contribution in [0.25, 0.3) is 0 Å². The van der Waals surface area contributed by atoms with Crippen molar-refractivity contribution < 1.29 is 35.3 Å². The summed E-state index contributed by atoms with van der Waals surface area (Å²) in [5.74, 6) is -0.736. The molecule has 11 nitrogen and oxygen atoms in total. The van der Waals surface area contributed by atoms with Crippen molar-refractivity contribution in [1.82, 2.24) is 19.7 Å². The van der Waals surface area contributed by atoms with E-state index in [2.05, 4.69) is 29.3 Å². The lowest BCUT2D eigenvalue weighted by Crippen LogP contribution is -2.22. The average Bonchev–Trinajstić information content (AvgIpc) is 3.48. The standard InChI is InChI=1S/C22H22ClF3N6O5S/c23-17-4-2-13(8-19(17)37-22(24,25)26)10-32-6-5-18(31-32)20(33)16-9-28-12-29-21(16)30-15-3-1-14(7-15)11-36-38(27,34)35/h2,4-6,8-9,12,14-15H,1,3,7,10-11H2,(H2,27,34,35)(H,28,29,30)/t14-,15+/m1/s1. The maximum Gasteiger partial charge on any atom is 0.573 e. The Morgan fingerprint density at radius 2 is 2.05 bits per heavy atom. The van der Waals surface area contributed by atoms with Gasteiger partial charge in [-0.3, -0.25) is 13.7 Å². The Kier molecular flexibility index (Phi) is 8.20. The number of nitrogens with two attached hydrogens (primary N) is 1. The molecule has 0 unspecified atom stereocenters. The number of hydrogen-bond donors (Lipinski definition) is 2. The summed E-state index contributed by atoms with van der Waals surface area (Å²) in [6.45, 7) is 0.0283. The number of carbonyl (C=O) groups excluding carboxylic acids is 1. The zero-order valence-electron chi connectivity index (χ0n) is 19.6. The second-order valence-electron chi connectivity index (χ2n) is 8.62. The number of alkyl halides is 3. The van der Waals surface area contributed by atoms with Gasteiger partial charge in [-0.25, -0.2) is 15.1 Å². The number of ether oxygens (including phenoxy) is 1. The quantitative estimate of drug-likeness (QED) is 0.347. The second kappa shape index (κ2) is 11.2. The summed E-state index contributed by atoms with van der Waals surface area (Å²) >= 11 is 5.79. The van der Waals surface area contributed by atoms with E-state index in [1.54, 1.807) is 0 Å². The predicted molar refractivity (Wildman–Crippen MR) is 129 cm³/mol. The number of nitrogens with zero attached hydrogens (tertiary/aromatic N) is 4. The van der Waals surface area contributed by atoms with E-state index in [1.165, 1.54) is 41.6 Å². The minimum Gasteiger partial charge on any atom is -0.404 e. The molecule has 0 bridgehead atoms. The summed E-state index contributed by atoms with van der Waals surface area (Å²) in [5.41, 5.74) is 0.673. The molecule has 1 aliphatic carbocycles. The summed E-state index contributed by atoms with van der Waals surface area (Å²) < 4.78 is 69.9. The molecule has 1 aromatic carbocycles. The molecule has 2 aromatic heterocycles. The molecule has 2 heterocycles. The third kappa shape index (κ3) is 7.63. The first-order valence-electron chi connectivity index (χ1n) is 11.2. The van der Waals surface area contributed by atoms with Crippen molar-refractivity contribution in [2.45, 2.75) is 38.2 Å². The van der Waals surface area contributed by atoms with Gasteiger partial charge in [-0.15, -0.1) is 13.2 Å². The number of halogens is 4. The highest BCUT2D eigenvalue weighted by Gasteiger charge is 2.32. The molecule has 0 spiro atoms. The van der Waals surface area contributed by atoms with Gasteiger partial charge in [-0.05, 0) is 48.9 Å². The Bertz CT molecular complexity index is 1420. The van der Waals surface area contributed by atoms with Crippen molar-refractivity contribution in [2.75, 3.05) is 11.9 Å². The number of carbonyl (C=O) groups is 1. The van der Waals surface area contributed by atoms with Gasteiger partial charge in [-0.1, -0.05) is 17.7 Å². The van der Waals surface area contributed by atoms with Gasteiger partial charge in [0.15, 0.2) is 0 Å². The van der Waals surface area contributed by atoms with Gasteiger partial charge in [0, 0.05) is 18.4 Å². The monoisotopic (exact) mass is 574 g/mol. The van der Waals surface area contributed by atoms with E-state index >= 15 is 0 Å². The van der Waals surface area contributed by atoms with Crippen LogP contribution in [-0.2, 0) is 21.0 Å². The SMILES string of the molecule is NS(=O)(=O)OC[C@@H]1CC[C@H](Nc2ncncc2C(=O)c2ccn(Cc3ccc(Cl)c(OC(F)(F)F)c3)n2)C1. The highest BCUT2D eigenvalue weighted by molar-refractivity contribution is 7.84. The van der Waals surface area contributed by atoms with E-state index in [4.69, 9.17) is 16.7 Å². The Morgan fingerprint density at radius 1 is 1.26 bits per heavy atom. The van der Waals surface area contributed by atoms with Crippen molar-refractivity contribution in [3.05, 3.63) is 64.8 Å². The fourth-order valence-electron chi connectivity index (χ4n) is 4.10. The molecular formula is C22H22ClF3N6O5S. The number of aromatic nitrogens is 4. The van der Waals surface area contributed by atoms with Crippen LogP contribution < -0.4 is 15.2 Å². The highest BCUT2D eigenvalue weighted by atomic mass is 35.5. The third-order valence-electron chi connectivity index (χ3n) is 5.75. The minimum absolute atomic E-state index is 0.0263. The van der Waals surface area contributed by atoms with E-state index < -0.39 is 28.2 Å². The molecule has 4 rings (SSSR count). The van der Waals surface area contributed by atoms with Crippen molar-refractivity contribution >= 4 is 33.5 Å². The van der Waals surface area contributed by atoms with Gasteiger partial charge < -0.3 is 10.1 Å². The molecular weight excluding hydrogens is 553 g/mol. The lowest BCUT2D eigenvalue weighted by Gasteiger charge is -2.15. The number of nitrogens with one attached hydrogen (secondary N) is 1. The summed E-state index contributed by atoms with van der Waals surface area (Å²) in [6.07, 6.45) is 1.25. The van der Waals surface area contributed by atoms with Crippen molar-refractivity contribution in [3.8, 4) is 5.75 Å². The van der Waals surface area contributed by atoms with Gasteiger partial charge in [-0.2, -0.15) is 13.5 Å². The average molecular weight is 575 g/mol. The van der Waals surface area contributed by atoms with Crippen LogP contribution in [0.15, 0.2) is 43.0 Å². The molecule has 3 N–H and O–H groups in total. The van der Waals surface area contributed by atoms with Crippen LogP contribution in [0, 0.1) is 5.92 Å². The van der Waals surface area contributed by atoms with Crippen LogP contribution in [0.3, 0.4) is 0 Å². The molecule has 1 fully saturated rings. The van der Waals surface area contributed by atoms with Gasteiger partial charge in [0.05, 0.1) is 23.7 Å². The Morgan fingerprint density at radius 3 is 2.79 bits per heavy atom. The number of hydrogen-bond acceptors (Lipinski definition) is 9. The molecule has 1 saturated carbocycles. The molecule has 1 aliphatic rings. The predicted octanol–water partition coefficient (Wildman–Crippen LogP) is 3.31. The molecule has 0 saturated heterocycles. The van der Waals surface area contributed by atoms with Gasteiger partial charge >= 0.3 is 16.7 Å². The summed E-state index contributed by atoms with van der Waals surface area (Å²) in [7, 11) is -4.02.